The van der Waals surface area contributed by atoms with E-state index in [1.165, 1.54) is 0 Å². The molecule has 0 amide bonds. The Morgan fingerprint density at radius 2 is 1.79 bits per heavy atom. The van der Waals surface area contributed by atoms with E-state index in [0.29, 0.717) is 13.0 Å². The van der Waals surface area contributed by atoms with Gasteiger partial charge >= 0.3 is 0 Å². The van der Waals surface area contributed by atoms with Gasteiger partial charge in [0.1, 0.15) is 0 Å². The largest absolute Gasteiger partial charge is 0.410 e. The van der Waals surface area contributed by atoms with Crippen molar-refractivity contribution in [2.75, 3.05) is 0 Å². The molecular weight excluding hydrogens is 316 g/mol. The summed E-state index contributed by atoms with van der Waals surface area (Å²) < 4.78 is 12.6. The maximum atomic E-state index is 10.4. The van der Waals surface area contributed by atoms with Crippen molar-refractivity contribution in [3.8, 4) is 0 Å². The molecule has 4 heteroatoms. The minimum absolute atomic E-state index is 0.000439. The van der Waals surface area contributed by atoms with Gasteiger partial charge in [-0.15, -0.1) is 0 Å². The van der Waals surface area contributed by atoms with Crippen LogP contribution in [-0.4, -0.2) is 31.7 Å². The summed E-state index contributed by atoms with van der Waals surface area (Å²) in [5.41, 5.74) is 1.96. The second-order valence-corrected chi connectivity index (χ2v) is 13.1. The molecule has 1 saturated carbocycles. The summed E-state index contributed by atoms with van der Waals surface area (Å²) >= 11 is 0. The van der Waals surface area contributed by atoms with Crippen molar-refractivity contribution >= 4 is 8.32 Å². The summed E-state index contributed by atoms with van der Waals surface area (Å²) in [6, 6.07) is 10.1. The van der Waals surface area contributed by atoms with Gasteiger partial charge in [-0.1, -0.05) is 57.7 Å². The maximum Gasteiger partial charge on any atom is 0.192 e. The van der Waals surface area contributed by atoms with Gasteiger partial charge in [-0.2, -0.15) is 0 Å². The molecule has 1 aliphatic carbocycles. The molecule has 1 aromatic carbocycles. The van der Waals surface area contributed by atoms with E-state index < -0.39 is 14.4 Å². The Morgan fingerprint density at radius 1 is 1.17 bits per heavy atom. The topological polar surface area (TPSA) is 38.7 Å². The van der Waals surface area contributed by atoms with Crippen LogP contribution in [0.5, 0.6) is 0 Å². The highest BCUT2D eigenvalue weighted by molar-refractivity contribution is 6.74. The quantitative estimate of drug-likeness (QED) is 0.620. The minimum atomic E-state index is -1.91. The third-order valence-corrected chi connectivity index (χ3v) is 9.86. The Hall–Kier alpha value is -0.943. The van der Waals surface area contributed by atoms with Gasteiger partial charge < -0.3 is 14.3 Å². The summed E-state index contributed by atoms with van der Waals surface area (Å²) in [6.07, 6.45) is 0.711. The van der Waals surface area contributed by atoms with Gasteiger partial charge in [0.05, 0.1) is 24.9 Å². The molecule has 134 valence electrons. The first-order chi connectivity index (χ1) is 11.1. The van der Waals surface area contributed by atoms with Crippen molar-refractivity contribution in [3.63, 3.8) is 0 Å². The van der Waals surface area contributed by atoms with Gasteiger partial charge in [-0.05, 0) is 29.3 Å². The van der Waals surface area contributed by atoms with E-state index in [1.54, 1.807) is 0 Å². The van der Waals surface area contributed by atoms with Crippen molar-refractivity contribution in [1.82, 2.24) is 0 Å². The average molecular weight is 349 g/mol. The number of aliphatic hydroxyl groups excluding tert-OH is 1. The summed E-state index contributed by atoms with van der Waals surface area (Å²) in [5.74, 6) is 0. The first-order valence-corrected chi connectivity index (χ1v) is 11.7. The molecule has 1 aliphatic rings. The Morgan fingerprint density at radius 3 is 2.38 bits per heavy atom. The zero-order valence-corrected chi connectivity index (χ0v) is 16.7. The predicted octanol–water partition coefficient (Wildman–Crippen LogP) is 4.67. The Kier molecular flexibility index (Phi) is 6.08. The molecule has 0 spiro atoms. The van der Waals surface area contributed by atoms with Gasteiger partial charge in [0.2, 0.25) is 0 Å². The number of hydrogen-bond acceptors (Lipinski definition) is 3. The lowest BCUT2D eigenvalue weighted by atomic mass is 9.88. The summed E-state index contributed by atoms with van der Waals surface area (Å²) in [4.78, 5) is 0. The lowest BCUT2D eigenvalue weighted by molar-refractivity contribution is -0.0347. The monoisotopic (exact) mass is 348 g/mol. The first-order valence-electron chi connectivity index (χ1n) is 8.80. The first kappa shape index (κ1) is 19.4. The molecule has 0 aliphatic heterocycles. The second-order valence-electron chi connectivity index (χ2n) is 8.35. The van der Waals surface area contributed by atoms with Crippen LogP contribution in [0.15, 0.2) is 42.5 Å². The molecule has 0 bridgehead atoms. The van der Waals surface area contributed by atoms with Crippen molar-refractivity contribution in [1.29, 1.82) is 0 Å². The lowest BCUT2D eigenvalue weighted by Crippen LogP contribution is -2.48. The van der Waals surface area contributed by atoms with Crippen LogP contribution in [0, 0.1) is 0 Å². The van der Waals surface area contributed by atoms with Crippen molar-refractivity contribution < 1.29 is 14.3 Å². The van der Waals surface area contributed by atoms with Crippen LogP contribution in [0.2, 0.25) is 18.1 Å². The fraction of sp³-hybridized carbons (Fsp3) is 0.600. The molecule has 3 nitrogen and oxygen atoms in total. The minimum Gasteiger partial charge on any atom is -0.410 e. The van der Waals surface area contributed by atoms with E-state index in [4.69, 9.17) is 9.16 Å². The molecule has 1 N–H and O–H groups in total. The van der Waals surface area contributed by atoms with Crippen LogP contribution >= 0.6 is 0 Å². The number of ether oxygens (including phenoxy) is 1. The van der Waals surface area contributed by atoms with Crippen LogP contribution < -0.4 is 0 Å². The summed E-state index contributed by atoms with van der Waals surface area (Å²) in [6.45, 7) is 15.8. The predicted molar refractivity (Wildman–Crippen MR) is 101 cm³/mol. The molecule has 24 heavy (non-hydrogen) atoms. The summed E-state index contributed by atoms with van der Waals surface area (Å²) in [5, 5.41) is 10.5. The van der Waals surface area contributed by atoms with E-state index in [9.17, 15) is 5.11 Å². The van der Waals surface area contributed by atoms with Crippen LogP contribution in [0.1, 0.15) is 39.2 Å². The summed E-state index contributed by atoms with van der Waals surface area (Å²) in [7, 11) is -1.91. The lowest BCUT2D eigenvalue weighted by Gasteiger charge is -2.43. The molecule has 0 saturated heterocycles. The van der Waals surface area contributed by atoms with Crippen LogP contribution in [0.25, 0.3) is 0 Å². The van der Waals surface area contributed by atoms with Crippen molar-refractivity contribution in [2.45, 2.75) is 76.7 Å². The highest BCUT2D eigenvalue weighted by atomic mass is 28.4. The Labute approximate surface area is 147 Å². The Bertz CT molecular complexity index is 548. The molecule has 2 rings (SSSR count). The van der Waals surface area contributed by atoms with Crippen molar-refractivity contribution in [2.24, 2.45) is 0 Å². The zero-order chi connectivity index (χ0) is 18.0. The molecule has 1 aromatic rings. The molecular formula is C20H32O3Si. The van der Waals surface area contributed by atoms with E-state index in [0.717, 1.165) is 17.6 Å². The zero-order valence-electron chi connectivity index (χ0n) is 15.7. The standard InChI is InChI=1S/C20H32O3Si/c1-15-18(21)12-17(22-14-16-10-8-7-9-11-16)13-19(15)23-24(5,6)20(2,3)4/h7-11,17-19,21H,1,12-14H2,2-6H3. The van der Waals surface area contributed by atoms with Gasteiger partial charge in [0.15, 0.2) is 8.32 Å². The average Bonchev–Trinajstić information content (AvgIpc) is 2.49. The number of hydrogen-bond donors (Lipinski definition) is 1. The van der Waals surface area contributed by atoms with Crippen LogP contribution in [0.4, 0.5) is 0 Å². The molecule has 1 fully saturated rings. The SMILES string of the molecule is C=C1C(O)CC(OCc2ccccc2)CC1O[Si](C)(C)C(C)(C)C. The fourth-order valence-corrected chi connectivity index (χ4v) is 3.99. The van der Waals surface area contributed by atoms with Gasteiger partial charge in [0.25, 0.3) is 0 Å². The second kappa shape index (κ2) is 7.52. The van der Waals surface area contributed by atoms with E-state index in [2.05, 4.69) is 52.6 Å². The highest BCUT2D eigenvalue weighted by Crippen LogP contribution is 2.40. The van der Waals surface area contributed by atoms with Crippen LogP contribution in [-0.2, 0) is 15.8 Å². The third kappa shape index (κ3) is 4.79. The van der Waals surface area contributed by atoms with Gasteiger partial charge in [-0.3, -0.25) is 0 Å². The normalized spacial score (nSPS) is 25.8. The molecule has 0 aromatic heterocycles. The number of aliphatic hydroxyl groups is 1. The van der Waals surface area contributed by atoms with Gasteiger partial charge in [0, 0.05) is 12.8 Å². The van der Waals surface area contributed by atoms with Crippen molar-refractivity contribution in [3.05, 3.63) is 48.0 Å². The number of benzene rings is 1. The Balaban J connectivity index is 2.00. The van der Waals surface area contributed by atoms with Gasteiger partial charge in [-0.25, -0.2) is 0 Å². The molecule has 3 unspecified atom stereocenters. The molecule has 0 radical (unpaired) electrons. The maximum absolute atomic E-state index is 10.4. The van der Waals surface area contributed by atoms with E-state index in [1.807, 2.05) is 18.2 Å². The fourth-order valence-electron chi connectivity index (χ4n) is 2.68. The highest BCUT2D eigenvalue weighted by Gasteiger charge is 2.42. The van der Waals surface area contributed by atoms with E-state index >= 15 is 0 Å². The molecule has 3 atom stereocenters. The smallest absolute Gasteiger partial charge is 0.192 e. The third-order valence-electron chi connectivity index (χ3n) is 5.38. The van der Waals surface area contributed by atoms with E-state index in [-0.39, 0.29) is 17.2 Å². The molecule has 0 heterocycles. The number of rotatable bonds is 5. The van der Waals surface area contributed by atoms with Crippen LogP contribution in [0.3, 0.4) is 0 Å².